The highest BCUT2D eigenvalue weighted by Crippen LogP contribution is 2.35. The first kappa shape index (κ1) is 26.3. The third-order valence-corrected chi connectivity index (χ3v) is 8.55. The zero-order chi connectivity index (χ0) is 28.0. The van der Waals surface area contributed by atoms with Gasteiger partial charge in [-0.1, -0.05) is 28.9 Å². The first-order chi connectivity index (χ1) is 19.2. The largest absolute Gasteiger partial charge is 0.360 e. The van der Waals surface area contributed by atoms with Crippen molar-refractivity contribution in [3.05, 3.63) is 77.3 Å². The molecule has 0 unspecified atom stereocenters. The van der Waals surface area contributed by atoms with Gasteiger partial charge < -0.3 is 9.42 Å². The Morgan fingerprint density at radius 3 is 2.52 bits per heavy atom. The van der Waals surface area contributed by atoms with Gasteiger partial charge >= 0.3 is 0 Å². The molecule has 14 heteroatoms. The van der Waals surface area contributed by atoms with Gasteiger partial charge in [0.1, 0.15) is 17.9 Å². The quantitative estimate of drug-likeness (QED) is 0.306. The SMILES string of the molecule is Cc1cc(-n2c(-c3ccccc3Cl)nc3c(N4CCC(NS(=O)(=O)c5ccc(F)c(F)c5)CC4)ncnc32)no1. The fourth-order valence-electron chi connectivity index (χ4n) is 4.75. The maximum atomic E-state index is 13.6. The molecule has 1 aliphatic rings. The average molecular weight is 586 g/mol. The van der Waals surface area contributed by atoms with E-state index in [1.807, 2.05) is 23.1 Å². The van der Waals surface area contributed by atoms with Crippen molar-refractivity contribution in [2.75, 3.05) is 18.0 Å². The number of piperidine rings is 1. The van der Waals surface area contributed by atoms with Gasteiger partial charge in [-0.05, 0) is 50.1 Å². The van der Waals surface area contributed by atoms with Crippen LogP contribution in [0.3, 0.4) is 0 Å². The minimum absolute atomic E-state index is 0.327. The molecule has 40 heavy (non-hydrogen) atoms. The lowest BCUT2D eigenvalue weighted by atomic mass is 10.1. The Kier molecular flexibility index (Phi) is 6.72. The van der Waals surface area contributed by atoms with E-state index < -0.39 is 27.7 Å². The number of imidazole rings is 1. The molecular weight excluding hydrogens is 564 g/mol. The van der Waals surface area contributed by atoms with Crippen LogP contribution in [0.25, 0.3) is 28.4 Å². The van der Waals surface area contributed by atoms with E-state index in [1.165, 1.54) is 6.33 Å². The Hall–Kier alpha value is -3.94. The predicted octanol–water partition coefficient (Wildman–Crippen LogP) is 4.66. The van der Waals surface area contributed by atoms with Gasteiger partial charge in [0.2, 0.25) is 10.0 Å². The summed E-state index contributed by atoms with van der Waals surface area (Å²) in [5, 5.41) is 4.67. The summed E-state index contributed by atoms with van der Waals surface area (Å²) in [5.74, 6) is -0.123. The molecule has 4 heterocycles. The first-order valence-corrected chi connectivity index (χ1v) is 14.2. The number of sulfonamides is 1. The molecule has 10 nitrogen and oxygen atoms in total. The second kappa shape index (κ2) is 10.2. The van der Waals surface area contributed by atoms with Crippen LogP contribution in [-0.4, -0.2) is 52.2 Å². The molecule has 2 aromatic carbocycles. The number of hydrogen-bond donors (Lipinski definition) is 1. The van der Waals surface area contributed by atoms with E-state index >= 15 is 0 Å². The molecule has 0 saturated carbocycles. The second-order valence-electron chi connectivity index (χ2n) is 9.37. The number of halogens is 3. The molecule has 1 aliphatic heterocycles. The van der Waals surface area contributed by atoms with Crippen molar-refractivity contribution in [1.82, 2.24) is 29.4 Å². The smallest absolute Gasteiger partial charge is 0.240 e. The summed E-state index contributed by atoms with van der Waals surface area (Å²) in [4.78, 5) is 15.6. The number of nitrogens with one attached hydrogen (secondary N) is 1. The molecule has 1 N–H and O–H groups in total. The minimum atomic E-state index is -4.03. The van der Waals surface area contributed by atoms with E-state index in [2.05, 4.69) is 19.8 Å². The van der Waals surface area contributed by atoms with Gasteiger partial charge in [-0.3, -0.25) is 4.57 Å². The minimum Gasteiger partial charge on any atom is -0.360 e. The molecule has 0 bridgehead atoms. The Balaban J connectivity index is 1.30. The van der Waals surface area contributed by atoms with Gasteiger partial charge in [0.15, 0.2) is 34.4 Å². The van der Waals surface area contributed by atoms with Crippen molar-refractivity contribution in [2.24, 2.45) is 0 Å². The second-order valence-corrected chi connectivity index (χ2v) is 11.5. The van der Waals surface area contributed by atoms with Crippen molar-refractivity contribution in [3.8, 4) is 17.2 Å². The molecule has 0 atom stereocenters. The molecule has 0 radical (unpaired) electrons. The van der Waals surface area contributed by atoms with Crippen molar-refractivity contribution in [1.29, 1.82) is 0 Å². The molecule has 206 valence electrons. The predicted molar refractivity (Wildman–Crippen MR) is 144 cm³/mol. The van der Waals surface area contributed by atoms with Gasteiger partial charge in [-0.15, -0.1) is 0 Å². The zero-order valence-electron chi connectivity index (χ0n) is 21.1. The van der Waals surface area contributed by atoms with Crippen LogP contribution in [0.5, 0.6) is 0 Å². The fourth-order valence-corrected chi connectivity index (χ4v) is 6.29. The van der Waals surface area contributed by atoms with Crippen LogP contribution in [0.15, 0.2) is 64.3 Å². The maximum absolute atomic E-state index is 13.6. The van der Waals surface area contributed by atoms with Crippen LogP contribution < -0.4 is 9.62 Å². The summed E-state index contributed by atoms with van der Waals surface area (Å²) in [7, 11) is -4.03. The molecule has 1 saturated heterocycles. The van der Waals surface area contributed by atoms with Gasteiger partial charge in [-0.2, -0.15) is 0 Å². The standard InChI is InChI=1S/C26H22ClF2N7O3S/c1-15-12-22(33-39-15)36-24(18-4-2-3-5-19(18)27)32-23-25(30-14-31-26(23)36)35-10-8-16(9-11-35)34-40(37,38)17-6-7-20(28)21(29)13-17/h2-7,12-14,16,34H,8-11H2,1H3. The van der Waals surface area contributed by atoms with Crippen LogP contribution >= 0.6 is 11.6 Å². The number of rotatable bonds is 6. The number of nitrogens with zero attached hydrogens (tertiary/aromatic N) is 6. The Bertz CT molecular complexity index is 1840. The first-order valence-electron chi connectivity index (χ1n) is 12.4. The normalized spacial score (nSPS) is 14.8. The summed E-state index contributed by atoms with van der Waals surface area (Å²) >= 11 is 6.53. The fraction of sp³-hybridized carbons (Fsp3) is 0.231. The molecule has 3 aromatic heterocycles. The van der Waals surface area contributed by atoms with Gasteiger partial charge in [0.25, 0.3) is 0 Å². The van der Waals surface area contributed by atoms with E-state index in [-0.39, 0.29) is 4.90 Å². The highest BCUT2D eigenvalue weighted by atomic mass is 35.5. The molecule has 0 spiro atoms. The molecular formula is C26H22ClF2N7O3S. The van der Waals surface area contributed by atoms with Crippen LogP contribution in [-0.2, 0) is 10.0 Å². The molecule has 1 fully saturated rings. The number of aryl methyl sites for hydroxylation is 1. The topological polar surface area (TPSA) is 119 Å². The molecule has 6 rings (SSSR count). The van der Waals surface area contributed by atoms with Crippen LogP contribution in [0.1, 0.15) is 18.6 Å². The van der Waals surface area contributed by atoms with E-state index in [0.29, 0.717) is 77.0 Å². The maximum Gasteiger partial charge on any atom is 0.240 e. The number of anilines is 1. The number of fused-ring (bicyclic) bond motifs is 1. The summed E-state index contributed by atoms with van der Waals surface area (Å²) < 4.78 is 62.1. The van der Waals surface area contributed by atoms with Gasteiger partial charge in [0.05, 0.1) is 9.92 Å². The van der Waals surface area contributed by atoms with Crippen molar-refractivity contribution < 1.29 is 21.7 Å². The third-order valence-electron chi connectivity index (χ3n) is 6.70. The lowest BCUT2D eigenvalue weighted by Crippen LogP contribution is -2.45. The highest BCUT2D eigenvalue weighted by Gasteiger charge is 2.29. The number of aromatic nitrogens is 5. The van der Waals surface area contributed by atoms with Crippen LogP contribution in [0.2, 0.25) is 5.02 Å². The van der Waals surface area contributed by atoms with Gasteiger partial charge in [-0.25, -0.2) is 36.9 Å². The van der Waals surface area contributed by atoms with Crippen molar-refractivity contribution in [3.63, 3.8) is 0 Å². The molecule has 0 aliphatic carbocycles. The van der Waals surface area contributed by atoms with E-state index in [0.717, 1.165) is 12.1 Å². The van der Waals surface area contributed by atoms with E-state index in [4.69, 9.17) is 21.1 Å². The zero-order valence-corrected chi connectivity index (χ0v) is 22.6. The monoisotopic (exact) mass is 585 g/mol. The van der Waals surface area contributed by atoms with Gasteiger partial charge in [0, 0.05) is 30.8 Å². The summed E-state index contributed by atoms with van der Waals surface area (Å²) in [6.45, 7) is 2.72. The lowest BCUT2D eigenvalue weighted by molar-refractivity contribution is 0.395. The van der Waals surface area contributed by atoms with Crippen LogP contribution in [0.4, 0.5) is 14.6 Å². The molecule has 5 aromatic rings. The van der Waals surface area contributed by atoms with Crippen molar-refractivity contribution >= 4 is 38.6 Å². The average Bonchev–Trinajstić information content (AvgIpc) is 3.53. The van der Waals surface area contributed by atoms with E-state index in [9.17, 15) is 17.2 Å². The third kappa shape index (κ3) is 4.80. The molecule has 0 amide bonds. The Labute approximate surface area is 232 Å². The summed E-state index contributed by atoms with van der Waals surface area (Å²) in [5.41, 5.74) is 1.72. The summed E-state index contributed by atoms with van der Waals surface area (Å²) in [6, 6.07) is 11.2. The van der Waals surface area contributed by atoms with Crippen LogP contribution in [0, 0.1) is 18.6 Å². The Morgan fingerprint density at radius 2 is 1.82 bits per heavy atom. The Morgan fingerprint density at radius 1 is 1.05 bits per heavy atom. The lowest BCUT2D eigenvalue weighted by Gasteiger charge is -2.32. The number of hydrogen-bond acceptors (Lipinski definition) is 8. The number of benzene rings is 2. The van der Waals surface area contributed by atoms with E-state index in [1.54, 1.807) is 23.6 Å². The highest BCUT2D eigenvalue weighted by molar-refractivity contribution is 7.89. The van der Waals surface area contributed by atoms with Crippen molar-refractivity contribution in [2.45, 2.75) is 30.7 Å². The summed E-state index contributed by atoms with van der Waals surface area (Å²) in [6.07, 6.45) is 2.35.